The van der Waals surface area contributed by atoms with Crippen LogP contribution in [0.2, 0.25) is 0 Å². The van der Waals surface area contributed by atoms with Crippen LogP contribution in [-0.2, 0) is 36.1 Å². The summed E-state index contributed by atoms with van der Waals surface area (Å²) in [5, 5.41) is 5.51. The minimum absolute atomic E-state index is 0. The number of aromatic nitrogens is 4. The molecule has 4 N–H and O–H groups in total. The molecule has 12 rings (SSSR count). The minimum atomic E-state index is -0.609. The molecule has 0 radical (unpaired) electrons. The number of hydrogen-bond acceptors (Lipinski definition) is 8. The van der Waals surface area contributed by atoms with Crippen molar-refractivity contribution in [2.24, 2.45) is 23.7 Å². The summed E-state index contributed by atoms with van der Waals surface area (Å²) in [5.41, 5.74) is 6.84. The van der Waals surface area contributed by atoms with Gasteiger partial charge < -0.3 is 39.9 Å². The van der Waals surface area contributed by atoms with E-state index in [-0.39, 0.29) is 64.9 Å². The van der Waals surface area contributed by atoms with E-state index in [0.29, 0.717) is 23.7 Å². The summed E-state index contributed by atoms with van der Waals surface area (Å²) in [6.45, 7) is 7.81. The zero-order valence-corrected chi connectivity index (χ0v) is 47.1. The van der Waals surface area contributed by atoms with E-state index in [4.69, 9.17) is 19.4 Å². The number of alkyl carbamates (subject to hydrolysis) is 2. The quantitative estimate of drug-likeness (QED) is 0.114. The van der Waals surface area contributed by atoms with Crippen LogP contribution in [0.3, 0.4) is 0 Å². The Kier molecular flexibility index (Phi) is 19.7. The average Bonchev–Trinajstić information content (AvgIpc) is 4.26. The van der Waals surface area contributed by atoms with Crippen LogP contribution in [0.15, 0.2) is 36.4 Å². The van der Waals surface area contributed by atoms with E-state index in [1.54, 1.807) is 0 Å². The van der Waals surface area contributed by atoms with E-state index >= 15 is 0 Å². The second kappa shape index (κ2) is 26.2. The molecule has 14 nitrogen and oxygen atoms in total. The monoisotopic (exact) mass is 1070 g/mol. The number of nitrogens with one attached hydrogen (secondary N) is 4. The van der Waals surface area contributed by atoms with Crippen molar-refractivity contribution in [3.8, 4) is 0 Å². The molecule has 2 aromatic carbocycles. The number of fused-ring (bicyclic) bond motifs is 6. The first-order chi connectivity index (χ1) is 35.9. The van der Waals surface area contributed by atoms with Gasteiger partial charge in [-0.25, -0.2) is 19.6 Å². The summed E-state index contributed by atoms with van der Waals surface area (Å²) in [5.74, 6) is 3.75. The largest absolute Gasteiger partial charge is 0.453 e. The molecule has 412 valence electrons. The number of aromatic amines is 2. The van der Waals surface area contributed by atoms with E-state index in [0.717, 1.165) is 72.2 Å². The molecule has 6 aliphatic carbocycles. The van der Waals surface area contributed by atoms with Crippen LogP contribution in [0.4, 0.5) is 9.59 Å². The molecule has 2 aliphatic heterocycles. The van der Waals surface area contributed by atoms with Gasteiger partial charge in [0.1, 0.15) is 23.7 Å². The molecule has 15 heteroatoms. The maximum atomic E-state index is 13.7. The topological polar surface area (TPSA) is 175 Å². The molecule has 8 unspecified atom stereocenters. The predicted octanol–water partition coefficient (Wildman–Crippen LogP) is 13.2. The van der Waals surface area contributed by atoms with Crippen LogP contribution in [0.25, 0.3) is 22.1 Å². The maximum Gasteiger partial charge on any atom is 0.407 e. The molecule has 75 heavy (non-hydrogen) atoms. The molecule has 4 heterocycles. The molecular formula is C60H88FeN8O6. The van der Waals surface area contributed by atoms with Crippen LogP contribution in [0.1, 0.15) is 228 Å². The molecule has 8 fully saturated rings. The first-order valence-electron chi connectivity index (χ1n) is 29.2. The molecule has 6 saturated carbocycles. The van der Waals surface area contributed by atoms with Gasteiger partial charge in [-0.2, -0.15) is 0 Å². The van der Waals surface area contributed by atoms with E-state index in [1.165, 1.54) is 141 Å². The van der Waals surface area contributed by atoms with Gasteiger partial charge in [0, 0.05) is 29.2 Å². The third-order valence-corrected chi connectivity index (χ3v) is 18.2. The summed E-state index contributed by atoms with van der Waals surface area (Å²) in [6, 6.07) is 12.3. The van der Waals surface area contributed by atoms with Crippen LogP contribution >= 0.6 is 0 Å². The molecule has 2 saturated heterocycles. The van der Waals surface area contributed by atoms with Crippen molar-refractivity contribution in [3.63, 3.8) is 0 Å². The Morgan fingerprint density at radius 3 is 1.19 bits per heavy atom. The van der Waals surface area contributed by atoms with Gasteiger partial charge >= 0.3 is 12.2 Å². The van der Waals surface area contributed by atoms with Crippen molar-refractivity contribution >= 4 is 46.1 Å². The number of ether oxygens (including phenoxy) is 2. The molecule has 8 aliphatic rings. The molecule has 4 aromatic rings. The summed E-state index contributed by atoms with van der Waals surface area (Å²) in [4.78, 5) is 72.1. The molecule has 0 spiro atoms. The van der Waals surface area contributed by atoms with Gasteiger partial charge in [0.05, 0.1) is 48.4 Å². The number of piperidine rings is 2. The van der Waals surface area contributed by atoms with Crippen molar-refractivity contribution in [1.82, 2.24) is 40.4 Å². The number of carbonyl (C=O) groups excluding carboxylic acids is 4. The van der Waals surface area contributed by atoms with Crippen molar-refractivity contribution in [2.75, 3.05) is 14.2 Å². The Balaban J connectivity index is 0.000000166. The fourth-order valence-corrected chi connectivity index (χ4v) is 14.2. The summed E-state index contributed by atoms with van der Waals surface area (Å²) < 4.78 is 9.54. The van der Waals surface area contributed by atoms with Crippen LogP contribution in [0.5, 0.6) is 0 Å². The zero-order chi connectivity index (χ0) is 51.9. The molecule has 2 aromatic heterocycles. The maximum absolute atomic E-state index is 13.7. The molecule has 4 bridgehead atoms. The average molecular weight is 1070 g/mol. The van der Waals surface area contributed by atoms with E-state index < -0.39 is 24.3 Å². The van der Waals surface area contributed by atoms with Gasteiger partial charge in [-0.05, 0) is 135 Å². The number of nitrogens with zero attached hydrogens (tertiary/aromatic N) is 4. The van der Waals surface area contributed by atoms with Crippen LogP contribution < -0.4 is 10.6 Å². The standard InChI is InChI=1S/2C25H34N4O3.2C5H10.Fe/c2*1-14(2)21(28-25(31)32-3)24(30)29-18-10-8-17(12-18)22(29)23-26-19-11-9-16(13-20(19)27-23)15-6-4-5-7-15;2*1-2-4-5-3-1;/h2*9,11,13-15,17-18,21-22H,4-8,10,12H2,1-3H3,(H,26,27)(H,28,31);2*1-5H2;. The third-order valence-electron chi connectivity index (χ3n) is 18.2. The molecular weight excluding hydrogens is 985 g/mol. The first-order valence-corrected chi connectivity index (χ1v) is 29.2. The third kappa shape index (κ3) is 13.0. The number of H-pyrrole nitrogens is 2. The van der Waals surface area contributed by atoms with Gasteiger partial charge in [0.25, 0.3) is 0 Å². The van der Waals surface area contributed by atoms with Crippen molar-refractivity contribution < 1.29 is 45.7 Å². The van der Waals surface area contributed by atoms with Gasteiger partial charge in [-0.1, -0.05) is 130 Å². The second-order valence-electron chi connectivity index (χ2n) is 23.8. The number of likely N-dealkylation sites (tertiary alicyclic amines) is 2. The first kappa shape index (κ1) is 56.6. The number of amides is 4. The van der Waals surface area contributed by atoms with Crippen LogP contribution in [0, 0.1) is 23.7 Å². The zero-order valence-electron chi connectivity index (χ0n) is 46.0. The van der Waals surface area contributed by atoms with Gasteiger partial charge in [-0.3, -0.25) is 9.59 Å². The van der Waals surface area contributed by atoms with Crippen LogP contribution in [-0.4, -0.2) is 92.1 Å². The Morgan fingerprint density at radius 1 is 0.520 bits per heavy atom. The number of hydrogen-bond donors (Lipinski definition) is 4. The second-order valence-corrected chi connectivity index (χ2v) is 23.8. The van der Waals surface area contributed by atoms with Gasteiger partial charge in [0.2, 0.25) is 11.8 Å². The summed E-state index contributed by atoms with van der Waals surface area (Å²) in [6.07, 6.45) is 30.5. The number of methoxy groups -OCH3 is 2. The summed E-state index contributed by atoms with van der Waals surface area (Å²) in [7, 11) is 2.65. The van der Waals surface area contributed by atoms with Crippen molar-refractivity contribution in [1.29, 1.82) is 0 Å². The van der Waals surface area contributed by atoms with E-state index in [1.807, 2.05) is 37.5 Å². The fraction of sp³-hybridized carbons (Fsp3) is 0.700. The Bertz CT molecular complexity index is 2340. The SMILES string of the molecule is C1CCCC1.C1CCCC1.COC(=O)NC(C(=O)N1C2CCC(C2)C1c1nc2ccc(C3CCCC3)cc2[nH]1)C(C)C.COC(=O)NC(C(=O)N1C2CCC(C2)C1c1nc2ccc(C3CCCC3)cc2[nH]1)C(C)C.[Fe]. The summed E-state index contributed by atoms with van der Waals surface area (Å²) >= 11 is 0. The molecule has 4 amide bonds. The fourth-order valence-electron chi connectivity index (χ4n) is 14.2. The van der Waals surface area contributed by atoms with Gasteiger partial charge in [-0.15, -0.1) is 0 Å². The Labute approximate surface area is 457 Å². The predicted molar refractivity (Wildman–Crippen MR) is 291 cm³/mol. The van der Waals surface area contributed by atoms with E-state index in [2.05, 4.69) is 57.0 Å². The van der Waals surface area contributed by atoms with Crippen molar-refractivity contribution in [3.05, 3.63) is 59.2 Å². The van der Waals surface area contributed by atoms with Gasteiger partial charge in [0.15, 0.2) is 0 Å². The van der Waals surface area contributed by atoms with Crippen molar-refractivity contribution in [2.45, 2.75) is 230 Å². The number of rotatable bonds is 10. The normalized spacial score (nSPS) is 25.6. The number of imidazole rings is 2. The smallest absolute Gasteiger partial charge is 0.407 e. The van der Waals surface area contributed by atoms with E-state index in [9.17, 15) is 19.2 Å². The number of benzene rings is 2. The molecule has 8 atom stereocenters. The minimum Gasteiger partial charge on any atom is -0.453 e. The Morgan fingerprint density at radius 2 is 0.867 bits per heavy atom. The number of carbonyl (C=O) groups is 4. The Hall–Kier alpha value is -4.62.